The van der Waals surface area contributed by atoms with Gasteiger partial charge in [0.15, 0.2) is 6.10 Å². The molecule has 1 unspecified atom stereocenters. The van der Waals surface area contributed by atoms with Crippen LogP contribution in [0.2, 0.25) is 0 Å². The lowest BCUT2D eigenvalue weighted by Crippen LogP contribution is -2.11. The molecule has 1 atom stereocenters. The molecule has 4 nitrogen and oxygen atoms in total. The Morgan fingerprint density at radius 3 is 2.81 bits per heavy atom. The maximum atomic E-state index is 13.2. The predicted molar refractivity (Wildman–Crippen MR) is 52.9 cm³/mol. The average Bonchev–Trinajstić information content (AvgIpc) is 2.27. The molecule has 0 spiro atoms. The number of rotatable bonds is 4. The van der Waals surface area contributed by atoms with Gasteiger partial charge >= 0.3 is 5.97 Å². The minimum Gasteiger partial charge on any atom is -0.479 e. The molecule has 1 aromatic rings. The van der Waals surface area contributed by atoms with Gasteiger partial charge in [-0.3, -0.25) is 0 Å². The van der Waals surface area contributed by atoms with Crippen LogP contribution in [0.25, 0.3) is 0 Å². The SMILES string of the molecule is N#CCCc1cc(C(O)C(=O)O)ccc1F. The highest BCUT2D eigenvalue weighted by Gasteiger charge is 2.17. The maximum Gasteiger partial charge on any atom is 0.337 e. The summed E-state index contributed by atoms with van der Waals surface area (Å²) in [4.78, 5) is 10.5. The molecular weight excluding hydrogens is 213 g/mol. The summed E-state index contributed by atoms with van der Waals surface area (Å²) in [5.41, 5.74) is 0.348. The van der Waals surface area contributed by atoms with Crippen molar-refractivity contribution < 1.29 is 19.4 Å². The van der Waals surface area contributed by atoms with Gasteiger partial charge < -0.3 is 10.2 Å². The molecule has 0 saturated heterocycles. The molecule has 0 heterocycles. The standard InChI is InChI=1S/C11H10FNO3/c12-9-4-3-8(10(14)11(15)16)6-7(9)2-1-5-13/h3-4,6,10,14H,1-2H2,(H,15,16). The van der Waals surface area contributed by atoms with Crippen LogP contribution in [0.1, 0.15) is 23.7 Å². The normalized spacial score (nSPS) is 11.8. The van der Waals surface area contributed by atoms with Crippen LogP contribution in [0.15, 0.2) is 18.2 Å². The Morgan fingerprint density at radius 1 is 1.56 bits per heavy atom. The molecule has 0 aliphatic rings. The van der Waals surface area contributed by atoms with E-state index >= 15 is 0 Å². The van der Waals surface area contributed by atoms with E-state index in [0.29, 0.717) is 0 Å². The summed E-state index contributed by atoms with van der Waals surface area (Å²) in [6.07, 6.45) is -1.33. The molecule has 5 heteroatoms. The van der Waals surface area contributed by atoms with Crippen LogP contribution < -0.4 is 0 Å². The quantitative estimate of drug-likeness (QED) is 0.808. The van der Waals surface area contributed by atoms with E-state index in [1.165, 1.54) is 12.1 Å². The van der Waals surface area contributed by atoms with Crippen molar-refractivity contribution >= 4 is 5.97 Å². The van der Waals surface area contributed by atoms with Gasteiger partial charge in [-0.2, -0.15) is 5.26 Å². The first-order chi connectivity index (χ1) is 7.56. The fraction of sp³-hybridized carbons (Fsp3) is 0.273. The van der Waals surface area contributed by atoms with Crippen molar-refractivity contribution in [3.05, 3.63) is 35.1 Å². The van der Waals surface area contributed by atoms with Gasteiger partial charge in [-0.25, -0.2) is 9.18 Å². The summed E-state index contributed by atoms with van der Waals surface area (Å²) in [5, 5.41) is 26.2. The number of nitrogens with zero attached hydrogens (tertiary/aromatic N) is 1. The zero-order chi connectivity index (χ0) is 12.1. The highest BCUT2D eigenvalue weighted by molar-refractivity contribution is 5.74. The van der Waals surface area contributed by atoms with E-state index in [2.05, 4.69) is 0 Å². The minimum absolute atomic E-state index is 0.113. The molecular formula is C11H10FNO3. The monoisotopic (exact) mass is 223 g/mol. The maximum absolute atomic E-state index is 13.2. The topological polar surface area (TPSA) is 81.3 Å². The van der Waals surface area contributed by atoms with E-state index in [9.17, 15) is 14.3 Å². The van der Waals surface area contributed by atoms with Crippen LogP contribution in [0.4, 0.5) is 4.39 Å². The molecule has 84 valence electrons. The number of hydrogen-bond donors (Lipinski definition) is 2. The Hall–Kier alpha value is -1.93. The van der Waals surface area contributed by atoms with Crippen LogP contribution in [0.5, 0.6) is 0 Å². The third-order valence-corrected chi connectivity index (χ3v) is 2.13. The van der Waals surface area contributed by atoms with Crippen LogP contribution in [-0.4, -0.2) is 16.2 Å². The summed E-state index contributed by atoms with van der Waals surface area (Å²) < 4.78 is 13.2. The number of carbonyl (C=O) groups is 1. The van der Waals surface area contributed by atoms with E-state index in [1.807, 2.05) is 6.07 Å². The number of carboxylic acid groups (broad SMARTS) is 1. The van der Waals surface area contributed by atoms with Crippen molar-refractivity contribution in [2.75, 3.05) is 0 Å². The summed E-state index contributed by atoms with van der Waals surface area (Å²) in [6, 6.07) is 5.44. The lowest BCUT2D eigenvalue weighted by atomic mass is 10.0. The second-order valence-corrected chi connectivity index (χ2v) is 3.25. The number of halogens is 1. The van der Waals surface area contributed by atoms with Crippen LogP contribution in [0.3, 0.4) is 0 Å². The third kappa shape index (κ3) is 2.78. The molecule has 0 radical (unpaired) electrons. The fourth-order valence-electron chi connectivity index (χ4n) is 1.29. The lowest BCUT2D eigenvalue weighted by Gasteiger charge is -2.08. The zero-order valence-electron chi connectivity index (χ0n) is 8.35. The first-order valence-corrected chi connectivity index (χ1v) is 4.62. The minimum atomic E-state index is -1.67. The van der Waals surface area contributed by atoms with E-state index in [4.69, 9.17) is 10.4 Å². The van der Waals surface area contributed by atoms with Crippen molar-refractivity contribution in [1.82, 2.24) is 0 Å². The van der Waals surface area contributed by atoms with E-state index in [1.54, 1.807) is 0 Å². The Labute approximate surface area is 91.6 Å². The van der Waals surface area contributed by atoms with Crippen molar-refractivity contribution in [3.63, 3.8) is 0 Å². The number of aryl methyl sites for hydroxylation is 1. The number of aliphatic hydroxyl groups excluding tert-OH is 1. The molecule has 2 N–H and O–H groups in total. The fourth-order valence-corrected chi connectivity index (χ4v) is 1.29. The Kier molecular flexibility index (Phi) is 3.97. The molecule has 0 bridgehead atoms. The van der Waals surface area contributed by atoms with Crippen molar-refractivity contribution in [3.8, 4) is 6.07 Å². The van der Waals surface area contributed by atoms with Gasteiger partial charge in [-0.15, -0.1) is 0 Å². The summed E-state index contributed by atoms with van der Waals surface area (Å²) in [5.74, 6) is -1.89. The van der Waals surface area contributed by atoms with E-state index < -0.39 is 17.9 Å². The Bertz CT molecular complexity index is 439. The Balaban J connectivity index is 2.98. The molecule has 1 aromatic carbocycles. The number of carboxylic acids is 1. The van der Waals surface area contributed by atoms with E-state index in [0.717, 1.165) is 6.07 Å². The molecule has 0 aromatic heterocycles. The van der Waals surface area contributed by atoms with Gasteiger partial charge in [0, 0.05) is 6.42 Å². The average molecular weight is 223 g/mol. The largest absolute Gasteiger partial charge is 0.479 e. The third-order valence-electron chi connectivity index (χ3n) is 2.13. The number of aliphatic hydroxyl groups is 1. The van der Waals surface area contributed by atoms with Gasteiger partial charge in [-0.1, -0.05) is 6.07 Å². The molecule has 0 amide bonds. The van der Waals surface area contributed by atoms with Gasteiger partial charge in [0.25, 0.3) is 0 Å². The lowest BCUT2D eigenvalue weighted by molar-refractivity contribution is -0.146. The highest BCUT2D eigenvalue weighted by Crippen LogP contribution is 2.18. The molecule has 0 aliphatic carbocycles. The van der Waals surface area contributed by atoms with Crippen molar-refractivity contribution in [1.29, 1.82) is 5.26 Å². The van der Waals surface area contributed by atoms with Crippen molar-refractivity contribution in [2.24, 2.45) is 0 Å². The van der Waals surface area contributed by atoms with Gasteiger partial charge in [0.05, 0.1) is 6.07 Å². The molecule has 0 aliphatic heterocycles. The van der Waals surface area contributed by atoms with Gasteiger partial charge in [0.2, 0.25) is 0 Å². The number of hydrogen-bond acceptors (Lipinski definition) is 3. The summed E-state index contributed by atoms with van der Waals surface area (Å²) >= 11 is 0. The first-order valence-electron chi connectivity index (χ1n) is 4.62. The van der Waals surface area contributed by atoms with Gasteiger partial charge in [-0.05, 0) is 29.7 Å². The smallest absolute Gasteiger partial charge is 0.337 e. The first kappa shape index (κ1) is 12.1. The van der Waals surface area contributed by atoms with Gasteiger partial charge in [0.1, 0.15) is 5.82 Å². The van der Waals surface area contributed by atoms with Crippen molar-refractivity contribution in [2.45, 2.75) is 18.9 Å². The summed E-state index contributed by atoms with van der Waals surface area (Å²) in [6.45, 7) is 0. The molecule has 0 fully saturated rings. The second-order valence-electron chi connectivity index (χ2n) is 3.25. The summed E-state index contributed by atoms with van der Waals surface area (Å²) in [7, 11) is 0. The van der Waals surface area contributed by atoms with Crippen LogP contribution in [-0.2, 0) is 11.2 Å². The molecule has 0 saturated carbocycles. The number of nitriles is 1. The number of benzene rings is 1. The molecule has 1 rings (SSSR count). The van der Waals surface area contributed by atoms with E-state index in [-0.39, 0.29) is 24.0 Å². The Morgan fingerprint density at radius 2 is 2.25 bits per heavy atom. The van der Waals surface area contributed by atoms with Crippen LogP contribution >= 0.6 is 0 Å². The molecule has 16 heavy (non-hydrogen) atoms. The number of aliphatic carboxylic acids is 1. The highest BCUT2D eigenvalue weighted by atomic mass is 19.1. The van der Waals surface area contributed by atoms with Crippen LogP contribution in [0, 0.1) is 17.1 Å². The predicted octanol–water partition coefficient (Wildman–Crippen LogP) is 1.40. The zero-order valence-corrected chi connectivity index (χ0v) is 8.35. The second kappa shape index (κ2) is 5.24.